The van der Waals surface area contributed by atoms with E-state index in [9.17, 15) is 70.6 Å². The summed E-state index contributed by atoms with van der Waals surface area (Å²) in [5, 5.41) is 113. The van der Waals surface area contributed by atoms with Gasteiger partial charge in [-0.3, -0.25) is 0 Å². The Labute approximate surface area is 248 Å². The van der Waals surface area contributed by atoms with Gasteiger partial charge >= 0.3 is 17.9 Å². The predicted octanol–water partition coefficient (Wildman–Crippen LogP) is -0.297. The van der Waals surface area contributed by atoms with Crippen molar-refractivity contribution in [1.82, 2.24) is 0 Å². The summed E-state index contributed by atoms with van der Waals surface area (Å²) < 4.78 is 20.8. The first-order chi connectivity index (χ1) is 21.1. The number of ether oxygens (including phenoxy) is 4. The molecule has 0 aromatic heterocycles. The van der Waals surface area contributed by atoms with Crippen LogP contribution in [0.15, 0.2) is 24.3 Å². The molecule has 0 spiro atoms. The normalized spacial score (nSPS) is 22.9. The largest absolute Gasteiger partial charge is 0.504 e. The van der Waals surface area contributed by atoms with Gasteiger partial charge in [0.1, 0.15) is 18.8 Å². The van der Waals surface area contributed by atoms with Crippen LogP contribution in [0.2, 0.25) is 0 Å². The fourth-order valence-electron chi connectivity index (χ4n) is 4.71. The minimum Gasteiger partial charge on any atom is -0.504 e. The van der Waals surface area contributed by atoms with Gasteiger partial charge in [-0.2, -0.15) is 0 Å². The number of benzene rings is 3. The molecular formula is C27H22O18. The molecule has 5 rings (SSSR count). The number of carbonyl (C=O) groups is 3. The van der Waals surface area contributed by atoms with E-state index in [1.807, 2.05) is 0 Å². The average molecular weight is 634 g/mol. The number of hydrogen-bond donors (Lipinski definition) is 11. The van der Waals surface area contributed by atoms with Crippen LogP contribution in [0.3, 0.4) is 0 Å². The van der Waals surface area contributed by atoms with E-state index < -0.39 is 135 Å². The van der Waals surface area contributed by atoms with Crippen LogP contribution < -0.4 is 0 Å². The number of aliphatic hydroxyl groups excluding tert-OH is 2. The molecule has 0 saturated carbocycles. The molecule has 0 radical (unpaired) electrons. The third-order valence-corrected chi connectivity index (χ3v) is 6.99. The summed E-state index contributed by atoms with van der Waals surface area (Å²) in [4.78, 5) is 39.4. The van der Waals surface area contributed by atoms with E-state index in [1.54, 1.807) is 0 Å². The number of esters is 3. The molecule has 238 valence electrons. The molecule has 3 aromatic rings. The molecule has 3 aromatic carbocycles. The number of phenolic OH excluding ortho intramolecular Hbond substituents is 9. The van der Waals surface area contributed by atoms with Gasteiger partial charge in [-0.15, -0.1) is 0 Å². The Bertz CT molecular complexity index is 1730. The second-order valence-corrected chi connectivity index (χ2v) is 9.79. The van der Waals surface area contributed by atoms with Gasteiger partial charge in [0.05, 0.1) is 16.7 Å². The van der Waals surface area contributed by atoms with E-state index in [-0.39, 0.29) is 0 Å². The van der Waals surface area contributed by atoms with Crippen molar-refractivity contribution in [1.29, 1.82) is 0 Å². The zero-order chi connectivity index (χ0) is 33.1. The smallest absolute Gasteiger partial charge is 0.340 e. The van der Waals surface area contributed by atoms with Crippen molar-refractivity contribution >= 4 is 17.9 Å². The number of aliphatic hydroxyl groups is 2. The molecular weight excluding hydrogens is 612 g/mol. The Kier molecular flexibility index (Phi) is 7.49. The molecule has 0 amide bonds. The van der Waals surface area contributed by atoms with Crippen LogP contribution >= 0.6 is 0 Å². The van der Waals surface area contributed by atoms with Gasteiger partial charge in [0.2, 0.25) is 17.8 Å². The second-order valence-electron chi connectivity index (χ2n) is 9.79. The van der Waals surface area contributed by atoms with Crippen molar-refractivity contribution in [3.05, 3.63) is 41.0 Å². The third-order valence-electron chi connectivity index (χ3n) is 6.99. The topological polar surface area (TPSA) is 311 Å². The molecule has 2 bridgehead atoms. The maximum absolute atomic E-state index is 13.5. The Hall–Kier alpha value is -5.85. The van der Waals surface area contributed by atoms with E-state index in [2.05, 4.69) is 0 Å². The molecule has 2 aliphatic rings. The minimum atomic E-state index is -2.22. The second kappa shape index (κ2) is 11.0. The lowest BCUT2D eigenvalue weighted by Gasteiger charge is -2.41. The van der Waals surface area contributed by atoms with Crippen LogP contribution in [0.1, 0.15) is 31.1 Å². The Morgan fingerprint density at radius 2 is 1.16 bits per heavy atom. The fraction of sp³-hybridized carbons (Fsp3) is 0.222. The van der Waals surface area contributed by atoms with Crippen molar-refractivity contribution in [2.45, 2.75) is 30.7 Å². The highest BCUT2D eigenvalue weighted by Gasteiger charge is 2.50. The van der Waals surface area contributed by atoms with E-state index in [0.717, 1.165) is 0 Å². The maximum Gasteiger partial charge on any atom is 0.340 e. The van der Waals surface area contributed by atoms with E-state index >= 15 is 0 Å². The monoisotopic (exact) mass is 634 g/mol. The van der Waals surface area contributed by atoms with Crippen LogP contribution in [0.25, 0.3) is 11.1 Å². The van der Waals surface area contributed by atoms with Crippen molar-refractivity contribution in [2.24, 2.45) is 0 Å². The van der Waals surface area contributed by atoms with Gasteiger partial charge in [-0.25, -0.2) is 14.4 Å². The minimum absolute atomic E-state index is 0.508. The van der Waals surface area contributed by atoms with Crippen molar-refractivity contribution in [3.8, 4) is 62.9 Å². The van der Waals surface area contributed by atoms with Crippen LogP contribution in [0, 0.1) is 0 Å². The number of cyclic esters (lactones) is 1. The first-order valence-electron chi connectivity index (χ1n) is 12.5. The third kappa shape index (κ3) is 5.07. The molecule has 18 nitrogen and oxygen atoms in total. The van der Waals surface area contributed by atoms with Crippen molar-refractivity contribution in [2.75, 3.05) is 6.61 Å². The molecule has 18 heteroatoms. The molecule has 1 fully saturated rings. The molecule has 2 aliphatic heterocycles. The molecule has 2 heterocycles. The standard InChI is InChI=1S/C27H22O18/c28-9-1-6(2-10(29)16(9)32)24(39)45-27-22(38)23-19(35)13(43-27)5-42-25(40)7-3-11(30)17(33)20(36)14(7)15-8(26(41)44-23)4-12(31)18(34)21(15)37/h1-4,13,19,22-23,27-38H,5H2/t13?,19-,22-,23+,27+/m1/s1. The summed E-state index contributed by atoms with van der Waals surface area (Å²) >= 11 is 0. The van der Waals surface area contributed by atoms with Gasteiger partial charge in [-0.05, 0) is 24.3 Å². The van der Waals surface area contributed by atoms with Crippen molar-refractivity contribution < 1.29 is 89.5 Å². The number of hydrogen-bond acceptors (Lipinski definition) is 18. The lowest BCUT2D eigenvalue weighted by molar-refractivity contribution is -0.284. The summed E-state index contributed by atoms with van der Waals surface area (Å²) in [6, 6.07) is 2.45. The lowest BCUT2D eigenvalue weighted by atomic mass is 9.91. The molecule has 5 atom stereocenters. The van der Waals surface area contributed by atoms with Crippen molar-refractivity contribution in [3.63, 3.8) is 0 Å². The highest BCUT2D eigenvalue weighted by Crippen LogP contribution is 2.53. The molecule has 0 aliphatic carbocycles. The lowest BCUT2D eigenvalue weighted by Crippen LogP contribution is -2.61. The van der Waals surface area contributed by atoms with Gasteiger partial charge < -0.3 is 75.1 Å². The first kappa shape index (κ1) is 30.6. The van der Waals surface area contributed by atoms with E-state index in [0.29, 0.717) is 24.3 Å². The van der Waals surface area contributed by atoms with E-state index in [1.165, 1.54) is 0 Å². The number of carbonyl (C=O) groups excluding carboxylic acids is 3. The summed E-state index contributed by atoms with van der Waals surface area (Å²) in [7, 11) is 0. The molecule has 1 saturated heterocycles. The summed E-state index contributed by atoms with van der Waals surface area (Å²) in [5.74, 6) is -14.5. The molecule has 11 N–H and O–H groups in total. The SMILES string of the molecule is O=C(O[C@@H]1OC2COC(=O)c3cc(O)c(O)c(O)c3-c3c(cc(O)c(O)c3O)C(=O)O[C@H]([C@H]1O)[C@@H]2O)c1cc(O)c(O)c(O)c1. The zero-order valence-corrected chi connectivity index (χ0v) is 22.2. The van der Waals surface area contributed by atoms with Crippen LogP contribution in [-0.2, 0) is 18.9 Å². The first-order valence-corrected chi connectivity index (χ1v) is 12.5. The van der Waals surface area contributed by atoms with E-state index in [4.69, 9.17) is 18.9 Å². The van der Waals surface area contributed by atoms with Crippen LogP contribution in [-0.4, -0.2) is 111 Å². The summed E-state index contributed by atoms with van der Waals surface area (Å²) in [5.41, 5.74) is -4.12. The van der Waals surface area contributed by atoms with Gasteiger partial charge in [0.15, 0.2) is 52.5 Å². The average Bonchev–Trinajstić information content (AvgIpc) is 2.99. The number of aromatic hydroxyl groups is 9. The summed E-state index contributed by atoms with van der Waals surface area (Å²) in [6.45, 7) is -0.947. The van der Waals surface area contributed by atoms with Crippen LogP contribution in [0.5, 0.6) is 51.7 Å². The maximum atomic E-state index is 13.5. The van der Waals surface area contributed by atoms with Crippen LogP contribution in [0.4, 0.5) is 0 Å². The molecule has 1 unspecified atom stereocenters. The predicted molar refractivity (Wildman–Crippen MR) is 139 cm³/mol. The highest BCUT2D eigenvalue weighted by atomic mass is 16.7. The van der Waals surface area contributed by atoms with Gasteiger partial charge in [-0.1, -0.05) is 0 Å². The number of fused-ring (bicyclic) bond motifs is 5. The highest BCUT2D eigenvalue weighted by molar-refractivity contribution is 6.08. The number of rotatable bonds is 2. The zero-order valence-electron chi connectivity index (χ0n) is 22.2. The van der Waals surface area contributed by atoms with Gasteiger partial charge in [0.25, 0.3) is 0 Å². The number of phenols is 9. The Morgan fingerprint density at radius 1 is 0.667 bits per heavy atom. The fourth-order valence-corrected chi connectivity index (χ4v) is 4.71. The van der Waals surface area contributed by atoms with Gasteiger partial charge in [0, 0.05) is 11.1 Å². The molecule has 45 heavy (non-hydrogen) atoms. The Morgan fingerprint density at radius 3 is 1.69 bits per heavy atom. The quantitative estimate of drug-likeness (QED) is 0.0979. The Balaban J connectivity index is 1.61. The summed E-state index contributed by atoms with van der Waals surface area (Å²) in [6.07, 6.45) is -10.2.